The monoisotopic (exact) mass is 343 g/mol. The van der Waals surface area contributed by atoms with Gasteiger partial charge < -0.3 is 14.2 Å². The maximum atomic E-state index is 12.2. The van der Waals surface area contributed by atoms with E-state index in [1.165, 1.54) is 21.3 Å². The van der Waals surface area contributed by atoms with E-state index in [4.69, 9.17) is 14.2 Å². The minimum atomic E-state index is -3.55. The second kappa shape index (κ2) is 6.99. The second-order valence-electron chi connectivity index (χ2n) is 4.27. The zero-order chi connectivity index (χ0) is 16.2. The van der Waals surface area contributed by atoms with Crippen LogP contribution in [-0.4, -0.2) is 29.7 Å². The number of hydrogen-bond donors (Lipinski definition) is 1. The summed E-state index contributed by atoms with van der Waals surface area (Å²) in [6, 6.07) is 6.60. The minimum Gasteiger partial charge on any atom is -0.496 e. The van der Waals surface area contributed by atoms with Crippen LogP contribution in [0.15, 0.2) is 33.9 Å². The van der Waals surface area contributed by atoms with E-state index < -0.39 is 10.0 Å². The maximum Gasteiger partial charge on any atom is 0.250 e. The summed E-state index contributed by atoms with van der Waals surface area (Å²) in [4.78, 5) is 0. The van der Waals surface area contributed by atoms with Crippen LogP contribution in [0.3, 0.4) is 0 Å². The molecule has 0 atom stereocenters. The van der Waals surface area contributed by atoms with E-state index >= 15 is 0 Å². The number of ether oxygens (including phenoxy) is 3. The molecule has 0 amide bonds. The average Bonchev–Trinajstić information content (AvgIpc) is 3.07. The van der Waals surface area contributed by atoms with Crippen LogP contribution in [-0.2, 0) is 16.6 Å². The summed E-state index contributed by atoms with van der Waals surface area (Å²) in [5, 5.41) is 1.71. The summed E-state index contributed by atoms with van der Waals surface area (Å²) in [6.07, 6.45) is 0. The van der Waals surface area contributed by atoms with E-state index in [-0.39, 0.29) is 10.8 Å². The molecule has 0 saturated carbocycles. The Hall–Kier alpha value is -1.77. The number of benzene rings is 1. The van der Waals surface area contributed by atoms with E-state index in [0.29, 0.717) is 22.8 Å². The number of nitrogens with one attached hydrogen (secondary N) is 1. The van der Waals surface area contributed by atoms with Crippen LogP contribution in [0.5, 0.6) is 17.2 Å². The third-order valence-electron chi connectivity index (χ3n) is 3.02. The molecule has 0 aliphatic rings. The van der Waals surface area contributed by atoms with Crippen molar-refractivity contribution in [1.29, 1.82) is 0 Å². The normalized spacial score (nSPS) is 11.2. The highest BCUT2D eigenvalue weighted by Crippen LogP contribution is 2.34. The molecule has 2 rings (SSSR count). The molecule has 1 heterocycles. The standard InChI is InChI=1S/C14H17NO5S2/c1-18-10-7-12(19-2)11(13(8-10)20-3)9-15-22(16,17)14-5-4-6-21-14/h4-8,15H,9H2,1-3H3. The lowest BCUT2D eigenvalue weighted by molar-refractivity contribution is 0.368. The molecular formula is C14H17NO5S2. The van der Waals surface area contributed by atoms with Gasteiger partial charge in [0.05, 0.1) is 26.9 Å². The van der Waals surface area contributed by atoms with Crippen molar-refractivity contribution < 1.29 is 22.6 Å². The highest BCUT2D eigenvalue weighted by atomic mass is 32.2. The Kier molecular flexibility index (Phi) is 5.28. The van der Waals surface area contributed by atoms with E-state index in [0.717, 1.165) is 11.3 Å². The summed E-state index contributed by atoms with van der Waals surface area (Å²) in [7, 11) is 0.991. The molecule has 1 aromatic carbocycles. The van der Waals surface area contributed by atoms with Crippen molar-refractivity contribution in [3.05, 3.63) is 35.2 Å². The van der Waals surface area contributed by atoms with E-state index in [1.54, 1.807) is 29.6 Å². The Balaban J connectivity index is 2.29. The van der Waals surface area contributed by atoms with Crippen molar-refractivity contribution in [2.45, 2.75) is 10.8 Å². The van der Waals surface area contributed by atoms with Gasteiger partial charge in [-0.3, -0.25) is 0 Å². The molecule has 1 aromatic heterocycles. The number of thiophene rings is 1. The van der Waals surface area contributed by atoms with Crippen LogP contribution < -0.4 is 18.9 Å². The van der Waals surface area contributed by atoms with Crippen LogP contribution in [0, 0.1) is 0 Å². The first-order valence-corrected chi connectivity index (χ1v) is 8.70. The zero-order valence-corrected chi connectivity index (χ0v) is 14.1. The van der Waals surface area contributed by atoms with Crippen LogP contribution in [0.1, 0.15) is 5.56 Å². The Morgan fingerprint density at radius 3 is 2.18 bits per heavy atom. The first-order valence-electron chi connectivity index (χ1n) is 6.34. The fourth-order valence-corrected chi connectivity index (χ4v) is 3.94. The minimum absolute atomic E-state index is 0.0522. The summed E-state index contributed by atoms with van der Waals surface area (Å²) < 4.78 is 42.9. The molecule has 1 N–H and O–H groups in total. The molecule has 8 heteroatoms. The summed E-state index contributed by atoms with van der Waals surface area (Å²) in [5.74, 6) is 1.55. The number of hydrogen-bond acceptors (Lipinski definition) is 6. The maximum absolute atomic E-state index is 12.2. The highest BCUT2D eigenvalue weighted by molar-refractivity contribution is 7.91. The molecule has 6 nitrogen and oxygen atoms in total. The van der Waals surface area contributed by atoms with Gasteiger partial charge >= 0.3 is 0 Å². The zero-order valence-electron chi connectivity index (χ0n) is 12.5. The molecule has 120 valence electrons. The lowest BCUT2D eigenvalue weighted by atomic mass is 10.1. The Bertz CT molecular complexity index is 701. The summed E-state index contributed by atoms with van der Waals surface area (Å²) >= 11 is 1.16. The van der Waals surface area contributed by atoms with Crippen molar-refractivity contribution in [1.82, 2.24) is 4.72 Å². The van der Waals surface area contributed by atoms with Crippen LogP contribution in [0.25, 0.3) is 0 Å². The smallest absolute Gasteiger partial charge is 0.250 e. The Morgan fingerprint density at radius 2 is 1.73 bits per heavy atom. The first kappa shape index (κ1) is 16.6. The first-order chi connectivity index (χ1) is 10.5. The van der Waals surface area contributed by atoms with E-state index in [2.05, 4.69) is 4.72 Å². The van der Waals surface area contributed by atoms with Gasteiger partial charge in [0.15, 0.2) is 0 Å². The molecule has 0 bridgehead atoms. The van der Waals surface area contributed by atoms with Gasteiger partial charge in [-0.25, -0.2) is 13.1 Å². The number of sulfonamides is 1. The largest absolute Gasteiger partial charge is 0.496 e. The summed E-state index contributed by atoms with van der Waals surface area (Å²) in [6.45, 7) is 0.0522. The van der Waals surface area contributed by atoms with Gasteiger partial charge in [-0.15, -0.1) is 11.3 Å². The van der Waals surface area contributed by atoms with Crippen LogP contribution >= 0.6 is 11.3 Å². The predicted molar refractivity (Wildman–Crippen MR) is 84.4 cm³/mol. The van der Waals surface area contributed by atoms with Gasteiger partial charge in [0.1, 0.15) is 21.5 Å². The molecule has 0 saturated heterocycles. The fraction of sp³-hybridized carbons (Fsp3) is 0.286. The lowest BCUT2D eigenvalue weighted by Gasteiger charge is -2.15. The SMILES string of the molecule is COc1cc(OC)c(CNS(=O)(=O)c2cccs2)c(OC)c1. The molecule has 0 spiro atoms. The second-order valence-corrected chi connectivity index (χ2v) is 7.21. The molecule has 0 aliphatic carbocycles. The van der Waals surface area contributed by atoms with Gasteiger partial charge in [0.2, 0.25) is 10.0 Å². The topological polar surface area (TPSA) is 73.9 Å². The van der Waals surface area contributed by atoms with Gasteiger partial charge in [0, 0.05) is 18.7 Å². The van der Waals surface area contributed by atoms with Crippen molar-refractivity contribution in [3.63, 3.8) is 0 Å². The third kappa shape index (κ3) is 3.52. The van der Waals surface area contributed by atoms with E-state index in [1.807, 2.05) is 0 Å². The lowest BCUT2D eigenvalue weighted by Crippen LogP contribution is -2.23. The third-order valence-corrected chi connectivity index (χ3v) is 5.81. The Morgan fingerprint density at radius 1 is 1.09 bits per heavy atom. The van der Waals surface area contributed by atoms with Crippen LogP contribution in [0.2, 0.25) is 0 Å². The quantitative estimate of drug-likeness (QED) is 0.835. The van der Waals surface area contributed by atoms with Crippen molar-refractivity contribution >= 4 is 21.4 Å². The Labute approximate surface area is 133 Å². The molecule has 0 aliphatic heterocycles. The van der Waals surface area contributed by atoms with Gasteiger partial charge in [0.25, 0.3) is 0 Å². The van der Waals surface area contributed by atoms with Crippen molar-refractivity contribution in [2.75, 3.05) is 21.3 Å². The van der Waals surface area contributed by atoms with Gasteiger partial charge in [-0.1, -0.05) is 6.07 Å². The molecule has 0 fully saturated rings. The van der Waals surface area contributed by atoms with Gasteiger partial charge in [-0.05, 0) is 11.4 Å². The summed E-state index contributed by atoms with van der Waals surface area (Å²) in [5.41, 5.74) is 0.603. The van der Waals surface area contributed by atoms with E-state index in [9.17, 15) is 8.42 Å². The number of methoxy groups -OCH3 is 3. The average molecular weight is 343 g/mol. The van der Waals surface area contributed by atoms with Crippen molar-refractivity contribution in [3.8, 4) is 17.2 Å². The predicted octanol–water partition coefficient (Wildman–Crippen LogP) is 2.25. The number of rotatable bonds is 7. The molecule has 2 aromatic rings. The molecule has 0 radical (unpaired) electrons. The van der Waals surface area contributed by atoms with Gasteiger partial charge in [-0.2, -0.15) is 0 Å². The molecule has 22 heavy (non-hydrogen) atoms. The fourth-order valence-electron chi connectivity index (χ4n) is 1.91. The highest BCUT2D eigenvalue weighted by Gasteiger charge is 2.19. The van der Waals surface area contributed by atoms with Crippen molar-refractivity contribution in [2.24, 2.45) is 0 Å². The van der Waals surface area contributed by atoms with Crippen LogP contribution in [0.4, 0.5) is 0 Å². The molecular weight excluding hydrogens is 326 g/mol. The molecule has 0 unspecified atom stereocenters.